The Balaban J connectivity index is 2.12. The van der Waals surface area contributed by atoms with Crippen molar-refractivity contribution in [3.8, 4) is 0 Å². The fraction of sp³-hybridized carbons (Fsp3) is 0.667. The van der Waals surface area contributed by atoms with E-state index in [1.807, 2.05) is 19.1 Å². The van der Waals surface area contributed by atoms with E-state index in [9.17, 15) is 4.79 Å². The Morgan fingerprint density at radius 2 is 2.06 bits per heavy atom. The molecule has 2 heteroatoms. The fourth-order valence-corrected chi connectivity index (χ4v) is 2.92. The summed E-state index contributed by atoms with van der Waals surface area (Å²) in [6, 6.07) is 3.78. The Kier molecular flexibility index (Phi) is 4.03. The highest BCUT2D eigenvalue weighted by Gasteiger charge is 2.31. The Bertz CT molecular complexity index is 378. The van der Waals surface area contributed by atoms with Crippen molar-refractivity contribution < 1.29 is 9.21 Å². The van der Waals surface area contributed by atoms with Gasteiger partial charge < -0.3 is 4.42 Å². The van der Waals surface area contributed by atoms with Crippen LogP contribution in [0.2, 0.25) is 0 Å². The van der Waals surface area contributed by atoms with Crippen LogP contribution in [0.4, 0.5) is 0 Å². The van der Waals surface area contributed by atoms with E-state index < -0.39 is 0 Å². The van der Waals surface area contributed by atoms with E-state index >= 15 is 0 Å². The Morgan fingerprint density at radius 3 is 2.71 bits per heavy atom. The van der Waals surface area contributed by atoms with Crippen LogP contribution in [0.5, 0.6) is 0 Å². The molecule has 0 aliphatic heterocycles. The van der Waals surface area contributed by atoms with Crippen LogP contribution in [0.1, 0.15) is 62.3 Å². The van der Waals surface area contributed by atoms with Gasteiger partial charge in [-0.05, 0) is 30.9 Å². The van der Waals surface area contributed by atoms with E-state index in [0.29, 0.717) is 11.7 Å². The van der Waals surface area contributed by atoms with Gasteiger partial charge in [0.25, 0.3) is 0 Å². The molecule has 2 unspecified atom stereocenters. The standard InChI is InChI=1S/C15H22O2/c1-3-11-7-5-6-8-13(11)15(16)14-10-9-12(4-2)17-14/h9-11,13H,3-8H2,1-2H3. The van der Waals surface area contributed by atoms with Crippen LogP contribution < -0.4 is 0 Å². The third-order valence-electron chi connectivity index (χ3n) is 4.02. The number of aryl methyl sites for hydroxylation is 1. The highest BCUT2D eigenvalue weighted by Crippen LogP contribution is 2.34. The molecule has 0 saturated heterocycles. The lowest BCUT2D eigenvalue weighted by Gasteiger charge is -2.28. The first-order valence-electron chi connectivity index (χ1n) is 6.89. The van der Waals surface area contributed by atoms with Gasteiger partial charge in [-0.25, -0.2) is 0 Å². The average molecular weight is 234 g/mol. The summed E-state index contributed by atoms with van der Waals surface area (Å²) in [6.07, 6.45) is 6.68. The number of carbonyl (C=O) groups excluding carboxylic acids is 1. The average Bonchev–Trinajstić information content (AvgIpc) is 2.86. The summed E-state index contributed by atoms with van der Waals surface area (Å²) >= 11 is 0. The van der Waals surface area contributed by atoms with Gasteiger partial charge in [0.2, 0.25) is 5.78 Å². The predicted molar refractivity (Wildman–Crippen MR) is 68.2 cm³/mol. The Hall–Kier alpha value is -1.05. The van der Waals surface area contributed by atoms with Crippen LogP contribution >= 0.6 is 0 Å². The molecule has 0 N–H and O–H groups in total. The summed E-state index contributed by atoms with van der Waals surface area (Å²) in [7, 11) is 0. The molecular weight excluding hydrogens is 212 g/mol. The number of Topliss-reactive ketones (excluding diaryl/α,β-unsaturated/α-hetero) is 1. The molecule has 1 saturated carbocycles. The number of ketones is 1. The van der Waals surface area contributed by atoms with Crippen LogP contribution in [0.25, 0.3) is 0 Å². The molecule has 1 fully saturated rings. The lowest BCUT2D eigenvalue weighted by Crippen LogP contribution is -2.26. The molecule has 1 aromatic rings. The van der Waals surface area contributed by atoms with Crippen LogP contribution in [-0.4, -0.2) is 5.78 Å². The summed E-state index contributed by atoms with van der Waals surface area (Å²) in [5.74, 6) is 2.48. The van der Waals surface area contributed by atoms with Crippen LogP contribution in [0, 0.1) is 11.8 Å². The van der Waals surface area contributed by atoms with Gasteiger partial charge in [0, 0.05) is 12.3 Å². The molecule has 2 atom stereocenters. The third kappa shape index (κ3) is 2.62. The van der Waals surface area contributed by atoms with Gasteiger partial charge in [0.15, 0.2) is 5.76 Å². The van der Waals surface area contributed by atoms with Crippen molar-refractivity contribution in [1.82, 2.24) is 0 Å². The summed E-state index contributed by atoms with van der Waals surface area (Å²) < 4.78 is 5.59. The molecule has 0 amide bonds. The lowest BCUT2D eigenvalue weighted by atomic mass is 9.75. The van der Waals surface area contributed by atoms with Gasteiger partial charge in [0.05, 0.1) is 0 Å². The van der Waals surface area contributed by atoms with Crippen molar-refractivity contribution in [2.75, 3.05) is 0 Å². The van der Waals surface area contributed by atoms with Crippen molar-refractivity contribution in [3.05, 3.63) is 23.7 Å². The monoisotopic (exact) mass is 234 g/mol. The lowest BCUT2D eigenvalue weighted by molar-refractivity contribution is 0.0789. The molecule has 1 aromatic heterocycles. The molecule has 1 aliphatic rings. The van der Waals surface area contributed by atoms with E-state index in [-0.39, 0.29) is 11.7 Å². The van der Waals surface area contributed by atoms with E-state index in [2.05, 4.69) is 6.92 Å². The molecular formula is C15H22O2. The zero-order valence-corrected chi connectivity index (χ0v) is 10.9. The molecule has 1 aliphatic carbocycles. The zero-order valence-electron chi connectivity index (χ0n) is 10.9. The van der Waals surface area contributed by atoms with Crippen LogP contribution in [0.15, 0.2) is 16.5 Å². The second kappa shape index (κ2) is 5.52. The van der Waals surface area contributed by atoms with Crippen molar-refractivity contribution >= 4 is 5.78 Å². The summed E-state index contributed by atoms with van der Waals surface area (Å²) in [5, 5.41) is 0. The Labute approximate surface area is 103 Å². The van der Waals surface area contributed by atoms with Crippen molar-refractivity contribution in [2.24, 2.45) is 11.8 Å². The topological polar surface area (TPSA) is 30.2 Å². The van der Waals surface area contributed by atoms with E-state index in [1.54, 1.807) is 0 Å². The van der Waals surface area contributed by atoms with Gasteiger partial charge in [0.1, 0.15) is 5.76 Å². The van der Waals surface area contributed by atoms with Gasteiger partial charge in [-0.2, -0.15) is 0 Å². The molecule has 0 aromatic carbocycles. The van der Waals surface area contributed by atoms with Gasteiger partial charge in [-0.15, -0.1) is 0 Å². The number of carbonyl (C=O) groups is 1. The minimum Gasteiger partial charge on any atom is -0.458 e. The zero-order chi connectivity index (χ0) is 12.3. The van der Waals surface area contributed by atoms with E-state index in [1.165, 1.54) is 19.3 Å². The smallest absolute Gasteiger partial charge is 0.201 e. The van der Waals surface area contributed by atoms with E-state index in [4.69, 9.17) is 4.42 Å². The SMILES string of the molecule is CCc1ccc(C(=O)C2CCCCC2CC)o1. The molecule has 17 heavy (non-hydrogen) atoms. The molecule has 2 nitrogen and oxygen atoms in total. The maximum absolute atomic E-state index is 12.4. The normalized spacial score (nSPS) is 24.8. The minimum atomic E-state index is 0.199. The predicted octanol–water partition coefficient (Wildman–Crippen LogP) is 4.24. The fourth-order valence-electron chi connectivity index (χ4n) is 2.92. The van der Waals surface area contributed by atoms with E-state index in [0.717, 1.165) is 25.0 Å². The maximum Gasteiger partial charge on any atom is 0.201 e. The van der Waals surface area contributed by atoms with Crippen molar-refractivity contribution in [2.45, 2.75) is 52.4 Å². The number of hydrogen-bond donors (Lipinski definition) is 0. The first-order valence-corrected chi connectivity index (χ1v) is 6.89. The second-order valence-corrected chi connectivity index (χ2v) is 5.04. The molecule has 94 valence electrons. The molecule has 0 bridgehead atoms. The molecule has 0 radical (unpaired) electrons. The summed E-state index contributed by atoms with van der Waals surface area (Å²) in [4.78, 5) is 12.4. The van der Waals surface area contributed by atoms with Crippen molar-refractivity contribution in [3.63, 3.8) is 0 Å². The molecule has 1 heterocycles. The van der Waals surface area contributed by atoms with Gasteiger partial charge in [-0.1, -0.05) is 33.1 Å². The highest BCUT2D eigenvalue weighted by atomic mass is 16.3. The van der Waals surface area contributed by atoms with Crippen LogP contribution in [-0.2, 0) is 6.42 Å². The largest absolute Gasteiger partial charge is 0.458 e. The third-order valence-corrected chi connectivity index (χ3v) is 4.02. The van der Waals surface area contributed by atoms with Gasteiger partial charge >= 0.3 is 0 Å². The maximum atomic E-state index is 12.4. The van der Waals surface area contributed by atoms with Crippen LogP contribution in [0.3, 0.4) is 0 Å². The second-order valence-electron chi connectivity index (χ2n) is 5.04. The first-order chi connectivity index (χ1) is 8.26. The Morgan fingerprint density at radius 1 is 1.29 bits per heavy atom. The number of hydrogen-bond acceptors (Lipinski definition) is 2. The molecule has 0 spiro atoms. The van der Waals surface area contributed by atoms with Gasteiger partial charge in [-0.3, -0.25) is 4.79 Å². The summed E-state index contributed by atoms with van der Waals surface area (Å²) in [6.45, 7) is 4.23. The number of furan rings is 1. The number of rotatable bonds is 4. The summed E-state index contributed by atoms with van der Waals surface area (Å²) in [5.41, 5.74) is 0. The highest BCUT2D eigenvalue weighted by molar-refractivity contribution is 5.95. The molecule has 2 rings (SSSR count). The minimum absolute atomic E-state index is 0.199. The van der Waals surface area contributed by atoms with Crippen molar-refractivity contribution in [1.29, 1.82) is 0 Å². The quantitative estimate of drug-likeness (QED) is 0.729. The first kappa shape index (κ1) is 12.4.